The van der Waals surface area contributed by atoms with Crippen LogP contribution in [-0.2, 0) is 9.63 Å². The van der Waals surface area contributed by atoms with Gasteiger partial charge in [0.25, 0.3) is 5.91 Å². The van der Waals surface area contributed by atoms with Gasteiger partial charge in [0.1, 0.15) is 5.82 Å². The van der Waals surface area contributed by atoms with Gasteiger partial charge in [0.05, 0.1) is 19.2 Å². The number of fused-ring (bicyclic) bond motifs is 1. The molecule has 150 valence electrons. The number of hydrazone groups is 1. The van der Waals surface area contributed by atoms with Crippen LogP contribution >= 0.6 is 0 Å². The summed E-state index contributed by atoms with van der Waals surface area (Å²) in [5, 5.41) is 7.77. The molecule has 1 N–H and O–H groups in total. The van der Waals surface area contributed by atoms with Crippen LogP contribution in [0.15, 0.2) is 46.7 Å². The number of ether oxygens (including phenoxy) is 3. The summed E-state index contributed by atoms with van der Waals surface area (Å²) in [5.74, 6) is 0.373. The summed E-state index contributed by atoms with van der Waals surface area (Å²) in [7, 11) is 1.53. The van der Waals surface area contributed by atoms with Crippen LogP contribution < -0.4 is 19.6 Å². The fourth-order valence-electron chi connectivity index (χ4n) is 3.15. The molecule has 0 unspecified atom stereocenters. The van der Waals surface area contributed by atoms with Crippen LogP contribution in [0.1, 0.15) is 24.2 Å². The topological polar surface area (TPSA) is 90.7 Å². The van der Waals surface area contributed by atoms with Crippen molar-refractivity contribution in [1.82, 2.24) is 5.43 Å². The minimum absolute atomic E-state index is 0.115. The number of methoxy groups -OCH3 is 1. The lowest BCUT2D eigenvalue weighted by molar-refractivity contribution is -0.115. The van der Waals surface area contributed by atoms with Crippen LogP contribution in [0.2, 0.25) is 0 Å². The summed E-state index contributed by atoms with van der Waals surface area (Å²) >= 11 is 0. The Labute approximate surface area is 165 Å². The van der Waals surface area contributed by atoms with Crippen molar-refractivity contribution in [2.75, 3.05) is 13.9 Å². The van der Waals surface area contributed by atoms with Gasteiger partial charge < -0.3 is 19.0 Å². The van der Waals surface area contributed by atoms with Gasteiger partial charge in [-0.2, -0.15) is 5.10 Å². The minimum atomic E-state index is -0.500. The maximum Gasteiger partial charge on any atom is 0.289 e. The molecule has 0 saturated heterocycles. The number of rotatable bonds is 5. The Morgan fingerprint density at radius 3 is 3.00 bits per heavy atom. The Hall–Kier alpha value is -3.62. The second-order valence-corrected chi connectivity index (χ2v) is 6.50. The highest BCUT2D eigenvalue weighted by atomic mass is 19.1. The van der Waals surface area contributed by atoms with Gasteiger partial charge >= 0.3 is 0 Å². The number of nitrogens with zero attached hydrogens (tertiary/aromatic N) is 2. The molecular weight excluding hydrogens is 381 g/mol. The lowest BCUT2D eigenvalue weighted by Gasteiger charge is -2.16. The third kappa shape index (κ3) is 3.71. The first kappa shape index (κ1) is 18.7. The largest absolute Gasteiger partial charge is 0.493 e. The molecule has 8 nitrogen and oxygen atoms in total. The lowest BCUT2D eigenvalue weighted by Crippen LogP contribution is -2.31. The number of benzene rings is 2. The van der Waals surface area contributed by atoms with Gasteiger partial charge in [-0.05, 0) is 29.8 Å². The molecule has 2 aliphatic heterocycles. The molecule has 0 aliphatic carbocycles. The lowest BCUT2D eigenvalue weighted by atomic mass is 9.93. The molecule has 1 amide bonds. The Bertz CT molecular complexity index is 1010. The molecule has 9 heteroatoms. The molecule has 0 fully saturated rings. The molecule has 0 radical (unpaired) electrons. The van der Waals surface area contributed by atoms with Crippen molar-refractivity contribution in [2.45, 2.75) is 13.0 Å². The molecule has 2 atom stereocenters. The molecule has 2 aliphatic rings. The van der Waals surface area contributed by atoms with Gasteiger partial charge in [0.15, 0.2) is 23.3 Å². The van der Waals surface area contributed by atoms with E-state index in [4.69, 9.17) is 19.0 Å². The molecule has 2 aromatic carbocycles. The third-order valence-electron chi connectivity index (χ3n) is 4.62. The van der Waals surface area contributed by atoms with Crippen molar-refractivity contribution in [3.63, 3.8) is 0 Å². The van der Waals surface area contributed by atoms with Crippen LogP contribution in [0.25, 0.3) is 0 Å². The maximum atomic E-state index is 13.2. The molecular formula is C20H18FN3O5. The highest BCUT2D eigenvalue weighted by Gasteiger charge is 2.37. The summed E-state index contributed by atoms with van der Waals surface area (Å²) in [6, 6.07) is 9.41. The van der Waals surface area contributed by atoms with E-state index in [1.165, 1.54) is 25.5 Å². The first-order chi connectivity index (χ1) is 14.1. The van der Waals surface area contributed by atoms with E-state index in [0.29, 0.717) is 22.8 Å². The van der Waals surface area contributed by atoms with Gasteiger partial charge in [-0.15, -0.1) is 0 Å². The average molecular weight is 399 g/mol. The second-order valence-electron chi connectivity index (χ2n) is 6.50. The minimum Gasteiger partial charge on any atom is -0.493 e. The van der Waals surface area contributed by atoms with Crippen LogP contribution in [-0.4, -0.2) is 31.7 Å². The summed E-state index contributed by atoms with van der Waals surface area (Å²) in [5.41, 5.74) is 3.85. The van der Waals surface area contributed by atoms with Gasteiger partial charge in [-0.25, -0.2) is 9.82 Å². The standard InChI is InChI=1S/C20H18FN3O5/c1-11-17(20(25)23-22-9-12-4-3-5-14(21)6-12)24-29-18(11)13-7-15(26-2)19-16(8-13)27-10-28-19/h3-9,11,18H,10H2,1-2H3,(H,23,25)/b22-9-/t11-,18+/m1/s1. The van der Waals surface area contributed by atoms with Crippen LogP contribution in [0.4, 0.5) is 4.39 Å². The number of amides is 1. The average Bonchev–Trinajstić information content (AvgIpc) is 3.33. The maximum absolute atomic E-state index is 13.2. The number of carbonyl (C=O) groups excluding carboxylic acids is 1. The molecule has 0 aromatic heterocycles. The Kier molecular flexibility index (Phi) is 5.03. The van der Waals surface area contributed by atoms with E-state index in [-0.39, 0.29) is 24.2 Å². The number of oxime groups is 1. The summed E-state index contributed by atoms with van der Waals surface area (Å²) in [4.78, 5) is 17.9. The van der Waals surface area contributed by atoms with Crippen molar-refractivity contribution < 1.29 is 28.2 Å². The number of halogens is 1. The SMILES string of the molecule is COc1cc([C@H]2ON=C(C(=O)N/N=C\c3cccc(F)c3)[C@H]2C)cc2c1OCO2. The summed E-state index contributed by atoms with van der Waals surface area (Å²) < 4.78 is 29.4. The highest BCUT2D eigenvalue weighted by molar-refractivity contribution is 6.39. The zero-order valence-corrected chi connectivity index (χ0v) is 15.7. The number of carbonyl (C=O) groups is 1. The molecule has 4 rings (SSSR count). The van der Waals surface area contributed by atoms with E-state index in [1.54, 1.807) is 24.3 Å². The van der Waals surface area contributed by atoms with Crippen LogP contribution in [0.3, 0.4) is 0 Å². The zero-order chi connectivity index (χ0) is 20.4. The molecule has 0 spiro atoms. The molecule has 29 heavy (non-hydrogen) atoms. The first-order valence-electron chi connectivity index (χ1n) is 8.87. The molecule has 0 saturated carbocycles. The van der Waals surface area contributed by atoms with Crippen LogP contribution in [0.5, 0.6) is 17.2 Å². The van der Waals surface area contributed by atoms with Crippen molar-refractivity contribution in [2.24, 2.45) is 16.2 Å². The predicted molar refractivity (Wildman–Crippen MR) is 102 cm³/mol. The van der Waals surface area contributed by atoms with E-state index in [2.05, 4.69) is 15.7 Å². The van der Waals surface area contributed by atoms with E-state index in [9.17, 15) is 9.18 Å². The summed E-state index contributed by atoms with van der Waals surface area (Å²) in [6.07, 6.45) is 0.855. The first-order valence-corrected chi connectivity index (χ1v) is 8.87. The highest BCUT2D eigenvalue weighted by Crippen LogP contribution is 2.45. The normalized spacial score (nSPS) is 19.8. The Morgan fingerprint density at radius 1 is 1.34 bits per heavy atom. The van der Waals surface area contributed by atoms with Crippen molar-refractivity contribution in [1.29, 1.82) is 0 Å². The quantitative estimate of drug-likeness (QED) is 0.617. The van der Waals surface area contributed by atoms with E-state index in [1.807, 2.05) is 6.92 Å². The molecule has 2 aromatic rings. The van der Waals surface area contributed by atoms with E-state index in [0.717, 1.165) is 5.56 Å². The molecule has 2 heterocycles. The smallest absolute Gasteiger partial charge is 0.289 e. The monoisotopic (exact) mass is 399 g/mol. The Morgan fingerprint density at radius 2 is 2.21 bits per heavy atom. The third-order valence-corrected chi connectivity index (χ3v) is 4.62. The van der Waals surface area contributed by atoms with E-state index >= 15 is 0 Å². The van der Waals surface area contributed by atoms with Gasteiger partial charge in [-0.1, -0.05) is 24.2 Å². The van der Waals surface area contributed by atoms with Crippen molar-refractivity contribution >= 4 is 17.8 Å². The zero-order valence-electron chi connectivity index (χ0n) is 15.7. The fourth-order valence-corrected chi connectivity index (χ4v) is 3.15. The van der Waals surface area contributed by atoms with E-state index < -0.39 is 12.0 Å². The number of hydrogen-bond acceptors (Lipinski definition) is 7. The Balaban J connectivity index is 1.44. The fraction of sp³-hybridized carbons (Fsp3) is 0.250. The second kappa shape index (κ2) is 7.78. The number of nitrogens with one attached hydrogen (secondary N) is 1. The molecule has 0 bridgehead atoms. The van der Waals surface area contributed by atoms with Gasteiger partial charge in [0.2, 0.25) is 12.5 Å². The number of hydrogen-bond donors (Lipinski definition) is 1. The van der Waals surface area contributed by atoms with Crippen LogP contribution in [0, 0.1) is 11.7 Å². The van der Waals surface area contributed by atoms with Gasteiger partial charge in [0, 0.05) is 5.56 Å². The van der Waals surface area contributed by atoms with Gasteiger partial charge in [-0.3, -0.25) is 4.79 Å². The summed E-state index contributed by atoms with van der Waals surface area (Å²) in [6.45, 7) is 1.94. The predicted octanol–water partition coefficient (Wildman–Crippen LogP) is 2.78. The van der Waals surface area contributed by atoms with Crippen molar-refractivity contribution in [3.8, 4) is 17.2 Å². The van der Waals surface area contributed by atoms with Crippen molar-refractivity contribution in [3.05, 3.63) is 53.3 Å².